The van der Waals surface area contributed by atoms with Crippen LogP contribution in [0.2, 0.25) is 0 Å². The molecule has 0 aliphatic carbocycles. The molecule has 47 heavy (non-hydrogen) atoms. The van der Waals surface area contributed by atoms with Gasteiger partial charge in [-0.05, 0) is 12.8 Å². The largest absolute Gasteiger partial charge is 0.394 e. The highest BCUT2D eigenvalue weighted by Crippen LogP contribution is 2.16. The normalized spacial score (nSPS) is 13.7. The fourth-order valence-corrected chi connectivity index (χ4v) is 6.55. The van der Waals surface area contributed by atoms with Gasteiger partial charge in [0.1, 0.15) is 0 Å². The minimum Gasteiger partial charge on any atom is -0.394 e. The molecule has 5 heteroatoms. The third-order valence-electron chi connectivity index (χ3n) is 9.85. The van der Waals surface area contributed by atoms with Crippen molar-refractivity contribution in [2.24, 2.45) is 0 Å². The summed E-state index contributed by atoms with van der Waals surface area (Å²) in [4.78, 5) is 12.4. The van der Waals surface area contributed by atoms with Crippen molar-refractivity contribution < 1.29 is 20.1 Å². The van der Waals surface area contributed by atoms with E-state index in [0.717, 1.165) is 32.1 Å². The molecule has 0 aromatic carbocycles. The molecule has 0 aromatic rings. The molecule has 0 aromatic heterocycles. The molecule has 0 fully saturated rings. The summed E-state index contributed by atoms with van der Waals surface area (Å²) in [5.74, 6) is -0.125. The monoisotopic (exact) mass is 666 g/mol. The van der Waals surface area contributed by atoms with Crippen molar-refractivity contribution in [1.82, 2.24) is 5.32 Å². The van der Waals surface area contributed by atoms with Gasteiger partial charge < -0.3 is 20.6 Å². The number of aliphatic hydroxyl groups is 3. The van der Waals surface area contributed by atoms with Gasteiger partial charge in [-0.15, -0.1) is 0 Å². The molecular weight excluding hydrogens is 582 g/mol. The zero-order chi connectivity index (χ0) is 34.5. The van der Waals surface area contributed by atoms with Crippen molar-refractivity contribution in [3.05, 3.63) is 12.2 Å². The lowest BCUT2D eigenvalue weighted by Gasteiger charge is -2.20. The Morgan fingerprint density at radius 2 is 0.809 bits per heavy atom. The second-order valence-electron chi connectivity index (χ2n) is 14.6. The van der Waals surface area contributed by atoms with Gasteiger partial charge in [-0.3, -0.25) is 4.79 Å². The van der Waals surface area contributed by atoms with Crippen molar-refractivity contribution in [2.45, 2.75) is 244 Å². The molecule has 0 radical (unpaired) electrons. The van der Waals surface area contributed by atoms with Crippen LogP contribution >= 0.6 is 0 Å². The molecule has 0 aliphatic heterocycles. The summed E-state index contributed by atoms with van der Waals surface area (Å²) in [6, 6.07) is -0.738. The highest BCUT2D eigenvalue weighted by molar-refractivity contribution is 5.76. The smallest absolute Gasteiger partial charge is 0.220 e. The number of carbonyl (C=O) groups is 1. The van der Waals surface area contributed by atoms with Gasteiger partial charge in [0.25, 0.3) is 0 Å². The van der Waals surface area contributed by atoms with E-state index in [1.807, 2.05) is 0 Å². The molecular formula is C42H83NO4. The number of hydrogen-bond acceptors (Lipinski definition) is 4. The standard InChI is InChI=1S/C42H83NO4/c1-3-5-7-9-11-13-15-16-17-18-19-20-21-22-23-24-25-27-29-31-33-35-42(47)43-40(38-44)41(46)37-36-39(45)34-32-30-28-26-14-12-10-8-6-4-2/h36-37,39-41,44-46H,3-35,38H2,1-2H3,(H,43,47)/b37-36+. The Kier molecular flexibility index (Phi) is 37.2. The molecule has 4 N–H and O–H groups in total. The third-order valence-corrected chi connectivity index (χ3v) is 9.85. The highest BCUT2D eigenvalue weighted by Gasteiger charge is 2.18. The summed E-state index contributed by atoms with van der Waals surface area (Å²) in [6.45, 7) is 4.21. The summed E-state index contributed by atoms with van der Waals surface area (Å²) < 4.78 is 0. The topological polar surface area (TPSA) is 89.8 Å². The van der Waals surface area contributed by atoms with Crippen LogP contribution in [0, 0.1) is 0 Å². The molecule has 0 spiro atoms. The summed E-state index contributed by atoms with van der Waals surface area (Å²) >= 11 is 0. The minimum absolute atomic E-state index is 0.125. The van der Waals surface area contributed by atoms with Gasteiger partial charge in [-0.1, -0.05) is 219 Å². The van der Waals surface area contributed by atoms with E-state index in [1.54, 1.807) is 6.08 Å². The predicted molar refractivity (Wildman–Crippen MR) is 204 cm³/mol. The van der Waals surface area contributed by atoms with E-state index >= 15 is 0 Å². The van der Waals surface area contributed by atoms with Crippen LogP contribution in [-0.2, 0) is 4.79 Å². The van der Waals surface area contributed by atoms with Crippen LogP contribution in [0.5, 0.6) is 0 Å². The third kappa shape index (κ3) is 34.7. The summed E-state index contributed by atoms with van der Waals surface area (Å²) in [6.07, 6.45) is 43.3. The molecule has 0 bridgehead atoms. The average molecular weight is 666 g/mol. The van der Waals surface area contributed by atoms with E-state index in [1.165, 1.54) is 173 Å². The summed E-state index contributed by atoms with van der Waals surface area (Å²) in [5, 5.41) is 33.1. The number of amides is 1. The lowest BCUT2D eigenvalue weighted by molar-refractivity contribution is -0.123. The molecule has 0 heterocycles. The zero-order valence-electron chi connectivity index (χ0n) is 31.7. The predicted octanol–water partition coefficient (Wildman–Crippen LogP) is 11.7. The molecule has 0 saturated carbocycles. The summed E-state index contributed by atoms with van der Waals surface area (Å²) in [7, 11) is 0. The van der Waals surface area contributed by atoms with Gasteiger partial charge in [0.15, 0.2) is 0 Å². The van der Waals surface area contributed by atoms with Gasteiger partial charge >= 0.3 is 0 Å². The highest BCUT2D eigenvalue weighted by atomic mass is 16.3. The van der Waals surface area contributed by atoms with Crippen LogP contribution in [0.15, 0.2) is 12.2 Å². The van der Waals surface area contributed by atoms with E-state index in [9.17, 15) is 20.1 Å². The fourth-order valence-electron chi connectivity index (χ4n) is 6.55. The first kappa shape index (κ1) is 46.1. The number of aliphatic hydroxyl groups excluding tert-OH is 3. The van der Waals surface area contributed by atoms with E-state index in [-0.39, 0.29) is 12.5 Å². The Morgan fingerprint density at radius 3 is 1.15 bits per heavy atom. The second-order valence-corrected chi connectivity index (χ2v) is 14.6. The van der Waals surface area contributed by atoms with Crippen molar-refractivity contribution in [3.8, 4) is 0 Å². The van der Waals surface area contributed by atoms with Crippen LogP contribution in [0.4, 0.5) is 0 Å². The van der Waals surface area contributed by atoms with Gasteiger partial charge in [-0.25, -0.2) is 0 Å². The van der Waals surface area contributed by atoms with E-state index < -0.39 is 18.2 Å². The Morgan fingerprint density at radius 1 is 0.489 bits per heavy atom. The second kappa shape index (κ2) is 37.9. The van der Waals surface area contributed by atoms with Crippen LogP contribution < -0.4 is 5.32 Å². The van der Waals surface area contributed by atoms with Crippen LogP contribution in [0.1, 0.15) is 226 Å². The number of rotatable bonds is 38. The maximum atomic E-state index is 12.4. The van der Waals surface area contributed by atoms with E-state index in [2.05, 4.69) is 19.2 Å². The average Bonchev–Trinajstić information content (AvgIpc) is 3.07. The Bertz CT molecular complexity index is 655. The SMILES string of the molecule is CCCCCCCCCCCCCCCCCCCCCCCC(=O)NC(CO)C(O)/C=C/C(O)CCCCCCCCCCCC. The maximum Gasteiger partial charge on any atom is 0.220 e. The Labute approximate surface area is 293 Å². The number of carbonyl (C=O) groups excluding carboxylic acids is 1. The van der Waals surface area contributed by atoms with Crippen molar-refractivity contribution >= 4 is 5.91 Å². The molecule has 0 saturated heterocycles. The summed E-state index contributed by atoms with van der Waals surface area (Å²) in [5.41, 5.74) is 0. The zero-order valence-corrected chi connectivity index (χ0v) is 31.7. The van der Waals surface area contributed by atoms with Gasteiger partial charge in [0, 0.05) is 6.42 Å². The molecule has 280 valence electrons. The maximum absolute atomic E-state index is 12.4. The van der Waals surface area contributed by atoms with Crippen LogP contribution in [-0.4, -0.2) is 46.1 Å². The van der Waals surface area contributed by atoms with Gasteiger partial charge in [0.2, 0.25) is 5.91 Å². The first-order valence-electron chi connectivity index (χ1n) is 21.0. The molecule has 5 nitrogen and oxygen atoms in total. The lowest BCUT2D eigenvalue weighted by atomic mass is 10.0. The molecule has 0 rings (SSSR count). The Hall–Kier alpha value is -0.910. The quantitative estimate of drug-likeness (QED) is 0.0390. The van der Waals surface area contributed by atoms with Crippen LogP contribution in [0.25, 0.3) is 0 Å². The number of unbranched alkanes of at least 4 members (excludes halogenated alkanes) is 29. The lowest BCUT2D eigenvalue weighted by Crippen LogP contribution is -2.45. The fraction of sp³-hybridized carbons (Fsp3) is 0.929. The molecule has 0 aliphatic rings. The molecule has 3 unspecified atom stereocenters. The number of nitrogens with one attached hydrogen (secondary N) is 1. The van der Waals surface area contributed by atoms with E-state index in [0.29, 0.717) is 12.8 Å². The Balaban J connectivity index is 3.61. The first-order valence-corrected chi connectivity index (χ1v) is 21.0. The van der Waals surface area contributed by atoms with Crippen molar-refractivity contribution in [1.29, 1.82) is 0 Å². The van der Waals surface area contributed by atoms with Crippen LogP contribution in [0.3, 0.4) is 0 Å². The molecule has 3 atom stereocenters. The van der Waals surface area contributed by atoms with Gasteiger partial charge in [0.05, 0.1) is 24.9 Å². The minimum atomic E-state index is -1.01. The van der Waals surface area contributed by atoms with Gasteiger partial charge in [-0.2, -0.15) is 0 Å². The van der Waals surface area contributed by atoms with Crippen molar-refractivity contribution in [3.63, 3.8) is 0 Å². The van der Waals surface area contributed by atoms with Crippen molar-refractivity contribution in [2.75, 3.05) is 6.61 Å². The van der Waals surface area contributed by atoms with E-state index in [4.69, 9.17) is 0 Å². The number of hydrogen-bond donors (Lipinski definition) is 4. The molecule has 1 amide bonds. The first-order chi connectivity index (χ1) is 23.0.